The van der Waals surface area contributed by atoms with Gasteiger partial charge in [0.25, 0.3) is 5.91 Å². The zero-order valence-electron chi connectivity index (χ0n) is 24.1. The van der Waals surface area contributed by atoms with Crippen LogP contribution in [0.25, 0.3) is 0 Å². The number of hydrogen-bond acceptors (Lipinski definition) is 7. The smallest absolute Gasteiger partial charge is 0.338 e. The number of thiocarbonyl (C=S) groups is 1. The van der Waals surface area contributed by atoms with Crippen molar-refractivity contribution in [3.05, 3.63) is 119 Å². The van der Waals surface area contributed by atoms with E-state index in [1.54, 1.807) is 38.3 Å². The largest absolute Gasteiger partial charge is 0.489 e. The van der Waals surface area contributed by atoms with Crippen molar-refractivity contribution in [1.29, 1.82) is 0 Å². The minimum absolute atomic E-state index is 0.230. The van der Waals surface area contributed by atoms with Crippen LogP contribution in [0.1, 0.15) is 42.1 Å². The van der Waals surface area contributed by atoms with E-state index >= 15 is 0 Å². The molecule has 0 unspecified atom stereocenters. The first kappa shape index (κ1) is 31.0. The molecule has 1 amide bonds. The van der Waals surface area contributed by atoms with Crippen LogP contribution in [-0.4, -0.2) is 36.4 Å². The number of benzene rings is 3. The molecule has 9 nitrogen and oxygen atoms in total. The van der Waals surface area contributed by atoms with Gasteiger partial charge in [0.2, 0.25) is 0 Å². The standard InChI is InChI=1S/C33H34N4O5S/c1-4-11-25-18-24(16-17-27(25)41-20-23-12-7-6-8-13-23)19-34-37-29(38)21-42-28-15-10-9-14-26(28)31-30(32(39)40-5-2)22(3)35-33(43)36-31/h4,6-10,12-19,31H,1,5,11,20-21H2,2-3H3,(H,37,38)(H2,35,36,43)/t31-/m1/s1. The first-order valence-corrected chi connectivity index (χ1v) is 14.2. The second-order valence-electron chi connectivity index (χ2n) is 9.54. The van der Waals surface area contributed by atoms with Crippen molar-refractivity contribution in [1.82, 2.24) is 16.1 Å². The monoisotopic (exact) mass is 598 g/mol. The van der Waals surface area contributed by atoms with Gasteiger partial charge in [-0.1, -0.05) is 54.6 Å². The summed E-state index contributed by atoms with van der Waals surface area (Å²) >= 11 is 5.32. The summed E-state index contributed by atoms with van der Waals surface area (Å²) in [5.41, 5.74) is 6.92. The van der Waals surface area contributed by atoms with E-state index in [0.717, 1.165) is 22.4 Å². The Morgan fingerprint density at radius 2 is 1.81 bits per heavy atom. The molecule has 0 spiro atoms. The van der Waals surface area contributed by atoms with Gasteiger partial charge in [-0.25, -0.2) is 10.2 Å². The fourth-order valence-corrected chi connectivity index (χ4v) is 4.75. The Morgan fingerprint density at radius 3 is 2.58 bits per heavy atom. The SMILES string of the molecule is C=CCc1cc(C=NNC(=O)COc2ccccc2[C@H]2NC(=S)NC(C)=C2C(=O)OCC)ccc1OCc1ccccc1. The van der Waals surface area contributed by atoms with E-state index in [9.17, 15) is 9.59 Å². The number of esters is 1. The number of rotatable bonds is 13. The Balaban J connectivity index is 1.38. The summed E-state index contributed by atoms with van der Waals surface area (Å²) in [6.07, 6.45) is 3.98. The fraction of sp³-hybridized carbons (Fsp3) is 0.212. The lowest BCUT2D eigenvalue weighted by molar-refractivity contribution is -0.139. The summed E-state index contributed by atoms with van der Waals surface area (Å²) in [4.78, 5) is 25.3. The lowest BCUT2D eigenvalue weighted by atomic mass is 9.95. The van der Waals surface area contributed by atoms with Gasteiger partial charge in [-0.05, 0) is 73.4 Å². The minimum atomic E-state index is -0.616. The molecule has 0 radical (unpaired) electrons. The van der Waals surface area contributed by atoms with E-state index in [1.807, 2.05) is 60.7 Å². The first-order valence-electron chi connectivity index (χ1n) is 13.8. The Hall–Kier alpha value is -4.96. The Bertz CT molecular complexity index is 1540. The van der Waals surface area contributed by atoms with Gasteiger partial charge in [0.15, 0.2) is 11.7 Å². The van der Waals surface area contributed by atoms with Crippen LogP contribution in [0.4, 0.5) is 0 Å². The lowest BCUT2D eigenvalue weighted by Crippen LogP contribution is -2.45. The van der Waals surface area contributed by atoms with Gasteiger partial charge < -0.3 is 24.8 Å². The van der Waals surface area contributed by atoms with Crippen molar-refractivity contribution in [2.24, 2.45) is 5.10 Å². The molecule has 0 bridgehead atoms. The van der Waals surface area contributed by atoms with Crippen LogP contribution < -0.4 is 25.5 Å². The predicted octanol–water partition coefficient (Wildman–Crippen LogP) is 4.88. The number of para-hydroxylation sites is 1. The predicted molar refractivity (Wildman–Crippen MR) is 170 cm³/mol. The maximum atomic E-state index is 12.7. The van der Waals surface area contributed by atoms with Crippen molar-refractivity contribution in [2.75, 3.05) is 13.2 Å². The van der Waals surface area contributed by atoms with Gasteiger partial charge in [0, 0.05) is 11.3 Å². The topological polar surface area (TPSA) is 110 Å². The minimum Gasteiger partial charge on any atom is -0.489 e. The molecule has 222 valence electrons. The third kappa shape index (κ3) is 8.52. The molecule has 43 heavy (non-hydrogen) atoms. The van der Waals surface area contributed by atoms with Crippen LogP contribution in [-0.2, 0) is 27.4 Å². The van der Waals surface area contributed by atoms with Crippen LogP contribution in [0.3, 0.4) is 0 Å². The molecule has 3 aromatic carbocycles. The zero-order valence-corrected chi connectivity index (χ0v) is 24.9. The van der Waals surface area contributed by atoms with E-state index in [1.165, 1.54) is 0 Å². The number of amides is 1. The van der Waals surface area contributed by atoms with Gasteiger partial charge in [-0.15, -0.1) is 6.58 Å². The Labute approximate surface area is 256 Å². The van der Waals surface area contributed by atoms with Crippen LogP contribution in [0, 0.1) is 0 Å². The molecule has 1 aliphatic heterocycles. The molecule has 1 atom stereocenters. The van der Waals surface area contributed by atoms with Crippen molar-refractivity contribution >= 4 is 35.4 Å². The van der Waals surface area contributed by atoms with E-state index in [-0.39, 0.29) is 13.2 Å². The Morgan fingerprint density at radius 1 is 1.05 bits per heavy atom. The average molecular weight is 599 g/mol. The maximum Gasteiger partial charge on any atom is 0.338 e. The highest BCUT2D eigenvalue weighted by atomic mass is 32.1. The van der Waals surface area contributed by atoms with Crippen molar-refractivity contribution < 1.29 is 23.8 Å². The number of nitrogens with zero attached hydrogens (tertiary/aromatic N) is 1. The van der Waals surface area contributed by atoms with Crippen LogP contribution in [0.5, 0.6) is 11.5 Å². The number of allylic oxidation sites excluding steroid dienone is 2. The third-order valence-corrected chi connectivity index (χ3v) is 6.66. The molecular formula is C33H34N4O5S. The molecule has 1 heterocycles. The molecule has 0 fully saturated rings. The summed E-state index contributed by atoms with van der Waals surface area (Å²) < 4.78 is 17.1. The highest BCUT2D eigenvalue weighted by Crippen LogP contribution is 2.33. The molecular weight excluding hydrogens is 564 g/mol. The van der Waals surface area contributed by atoms with E-state index in [4.69, 9.17) is 26.4 Å². The highest BCUT2D eigenvalue weighted by Gasteiger charge is 2.32. The molecule has 1 aliphatic rings. The Kier molecular flexibility index (Phi) is 11.0. The second-order valence-corrected chi connectivity index (χ2v) is 9.95. The molecule has 10 heteroatoms. The number of nitrogens with one attached hydrogen (secondary N) is 3. The van der Waals surface area contributed by atoms with Crippen molar-refractivity contribution in [3.63, 3.8) is 0 Å². The number of carbonyl (C=O) groups is 2. The maximum absolute atomic E-state index is 12.7. The van der Waals surface area contributed by atoms with Crippen LogP contribution in [0.2, 0.25) is 0 Å². The van der Waals surface area contributed by atoms with Gasteiger partial charge in [-0.3, -0.25) is 4.79 Å². The highest BCUT2D eigenvalue weighted by molar-refractivity contribution is 7.80. The van der Waals surface area contributed by atoms with Gasteiger partial charge >= 0.3 is 5.97 Å². The first-order chi connectivity index (χ1) is 20.9. The molecule has 0 saturated heterocycles. The second kappa shape index (κ2) is 15.3. The molecule has 3 aromatic rings. The number of hydrazone groups is 1. The van der Waals surface area contributed by atoms with Crippen LogP contribution >= 0.6 is 12.2 Å². The van der Waals surface area contributed by atoms with E-state index in [0.29, 0.717) is 40.7 Å². The molecule has 0 aliphatic carbocycles. The fourth-order valence-electron chi connectivity index (χ4n) is 4.48. The zero-order chi connectivity index (χ0) is 30.6. The number of hydrogen-bond donors (Lipinski definition) is 3. The molecule has 0 saturated carbocycles. The van der Waals surface area contributed by atoms with Gasteiger partial charge in [0.05, 0.1) is 24.4 Å². The summed E-state index contributed by atoms with van der Waals surface area (Å²) in [7, 11) is 0. The number of carbonyl (C=O) groups excluding carboxylic acids is 2. The summed E-state index contributed by atoms with van der Waals surface area (Å²) in [5.74, 6) is 0.253. The molecule has 3 N–H and O–H groups in total. The quantitative estimate of drug-likeness (QED) is 0.0840. The summed E-state index contributed by atoms with van der Waals surface area (Å²) in [6, 6.07) is 22.1. The van der Waals surface area contributed by atoms with Gasteiger partial charge in [-0.2, -0.15) is 5.10 Å². The summed E-state index contributed by atoms with van der Waals surface area (Å²) in [5, 5.41) is 10.5. The van der Waals surface area contributed by atoms with Crippen LogP contribution in [0.15, 0.2) is 102 Å². The van der Waals surface area contributed by atoms with Crippen molar-refractivity contribution in [2.45, 2.75) is 32.9 Å². The molecule has 0 aromatic heterocycles. The number of ether oxygens (including phenoxy) is 3. The summed E-state index contributed by atoms with van der Waals surface area (Å²) in [6.45, 7) is 7.73. The van der Waals surface area contributed by atoms with E-state index in [2.05, 4.69) is 27.7 Å². The van der Waals surface area contributed by atoms with Gasteiger partial charge in [0.1, 0.15) is 18.1 Å². The molecule has 4 rings (SSSR count). The third-order valence-electron chi connectivity index (χ3n) is 6.44. The average Bonchev–Trinajstić information content (AvgIpc) is 3.00. The lowest BCUT2D eigenvalue weighted by Gasteiger charge is -2.30. The van der Waals surface area contributed by atoms with Crippen molar-refractivity contribution in [3.8, 4) is 11.5 Å². The normalized spacial score (nSPS) is 14.5. The van der Waals surface area contributed by atoms with E-state index < -0.39 is 17.9 Å².